The van der Waals surface area contributed by atoms with Crippen LogP contribution in [0.15, 0.2) is 0 Å². The summed E-state index contributed by atoms with van der Waals surface area (Å²) in [5.74, 6) is 2.09. The molecule has 2 aliphatic rings. The van der Waals surface area contributed by atoms with Crippen molar-refractivity contribution in [2.45, 2.75) is 44.6 Å². The summed E-state index contributed by atoms with van der Waals surface area (Å²) in [5.41, 5.74) is 5.79. The highest BCUT2D eigenvalue weighted by molar-refractivity contribution is 5.42. The Labute approximate surface area is 125 Å². The van der Waals surface area contributed by atoms with Gasteiger partial charge in [-0.3, -0.25) is 0 Å². The van der Waals surface area contributed by atoms with Crippen LogP contribution in [0.1, 0.15) is 38.5 Å². The lowest BCUT2D eigenvalue weighted by Gasteiger charge is -2.25. The van der Waals surface area contributed by atoms with E-state index in [2.05, 4.69) is 25.2 Å². The number of nitrogens with zero attached hydrogens (tertiary/aromatic N) is 4. The standard InChI is InChI=1S/C14H24N6O/c15-12-17-13(16-9-10-3-5-11(21)6-4-10)19-14(18-12)20-7-1-2-8-20/h10-11,21H,1-9H2,(H3,15,16,17,18,19). The summed E-state index contributed by atoms with van der Waals surface area (Å²) in [6.45, 7) is 2.81. The molecule has 0 spiro atoms. The van der Waals surface area contributed by atoms with Gasteiger partial charge in [0.25, 0.3) is 0 Å². The lowest BCUT2D eigenvalue weighted by atomic mass is 9.87. The molecule has 0 radical (unpaired) electrons. The van der Waals surface area contributed by atoms with E-state index in [0.717, 1.165) is 45.3 Å². The lowest BCUT2D eigenvalue weighted by molar-refractivity contribution is 0.111. The molecule has 1 aliphatic carbocycles. The first-order chi connectivity index (χ1) is 10.2. The Balaban J connectivity index is 1.59. The minimum Gasteiger partial charge on any atom is -0.393 e. The van der Waals surface area contributed by atoms with Gasteiger partial charge >= 0.3 is 0 Å². The van der Waals surface area contributed by atoms with Crippen molar-refractivity contribution < 1.29 is 5.11 Å². The maximum Gasteiger partial charge on any atom is 0.231 e. The molecular formula is C14H24N6O. The van der Waals surface area contributed by atoms with Crippen LogP contribution >= 0.6 is 0 Å². The van der Waals surface area contributed by atoms with Gasteiger partial charge in [0.05, 0.1) is 6.10 Å². The van der Waals surface area contributed by atoms with Crippen LogP contribution in [0.2, 0.25) is 0 Å². The number of aliphatic hydroxyl groups excluding tert-OH is 1. The molecule has 1 aliphatic heterocycles. The monoisotopic (exact) mass is 292 g/mol. The van der Waals surface area contributed by atoms with Gasteiger partial charge in [-0.25, -0.2) is 0 Å². The molecule has 0 bridgehead atoms. The second-order valence-corrected chi connectivity index (χ2v) is 6.07. The number of hydrogen-bond acceptors (Lipinski definition) is 7. The Kier molecular flexibility index (Phi) is 4.38. The molecule has 0 amide bonds. The number of nitrogens with one attached hydrogen (secondary N) is 1. The predicted molar refractivity (Wildman–Crippen MR) is 82.1 cm³/mol. The SMILES string of the molecule is Nc1nc(NCC2CCC(O)CC2)nc(N2CCCC2)n1. The van der Waals surface area contributed by atoms with Crippen LogP contribution in [0, 0.1) is 5.92 Å². The van der Waals surface area contributed by atoms with Gasteiger partial charge in [-0.1, -0.05) is 0 Å². The van der Waals surface area contributed by atoms with E-state index in [1.165, 1.54) is 12.8 Å². The van der Waals surface area contributed by atoms with Crippen molar-refractivity contribution in [2.75, 3.05) is 35.6 Å². The first-order valence-corrected chi connectivity index (χ1v) is 7.89. The zero-order valence-corrected chi connectivity index (χ0v) is 12.3. The van der Waals surface area contributed by atoms with Crippen LogP contribution in [0.3, 0.4) is 0 Å². The highest BCUT2D eigenvalue weighted by Gasteiger charge is 2.20. The number of aromatic nitrogens is 3. The molecule has 116 valence electrons. The predicted octanol–water partition coefficient (Wildman–Crippen LogP) is 1.02. The Morgan fingerprint density at radius 2 is 1.81 bits per heavy atom. The van der Waals surface area contributed by atoms with E-state index in [1.807, 2.05) is 0 Å². The first-order valence-electron chi connectivity index (χ1n) is 7.89. The topological polar surface area (TPSA) is 100 Å². The summed E-state index contributed by atoms with van der Waals surface area (Å²) in [6, 6.07) is 0. The summed E-state index contributed by atoms with van der Waals surface area (Å²) in [5, 5.41) is 12.8. The van der Waals surface area contributed by atoms with Gasteiger partial charge in [0.15, 0.2) is 0 Å². The van der Waals surface area contributed by atoms with Gasteiger partial charge in [-0.05, 0) is 44.4 Å². The highest BCUT2D eigenvalue weighted by Crippen LogP contribution is 2.24. The van der Waals surface area contributed by atoms with Crippen molar-refractivity contribution in [3.8, 4) is 0 Å². The summed E-state index contributed by atoms with van der Waals surface area (Å²) in [6.07, 6.45) is 6.13. The van der Waals surface area contributed by atoms with Crippen LogP contribution in [-0.2, 0) is 0 Å². The normalized spacial score (nSPS) is 26.0. The van der Waals surface area contributed by atoms with Gasteiger partial charge in [0.1, 0.15) is 0 Å². The van der Waals surface area contributed by atoms with E-state index < -0.39 is 0 Å². The molecule has 1 aromatic rings. The Hall–Kier alpha value is -1.63. The van der Waals surface area contributed by atoms with E-state index in [1.54, 1.807) is 0 Å². The molecule has 1 saturated carbocycles. The molecule has 2 fully saturated rings. The average Bonchev–Trinajstić information content (AvgIpc) is 3.00. The number of rotatable bonds is 4. The minimum atomic E-state index is -0.115. The minimum absolute atomic E-state index is 0.115. The van der Waals surface area contributed by atoms with E-state index in [0.29, 0.717) is 17.8 Å². The zero-order valence-electron chi connectivity index (χ0n) is 12.3. The molecule has 2 heterocycles. The van der Waals surface area contributed by atoms with Gasteiger partial charge in [-0.2, -0.15) is 15.0 Å². The molecule has 4 N–H and O–H groups in total. The van der Waals surface area contributed by atoms with E-state index >= 15 is 0 Å². The number of nitrogens with two attached hydrogens (primary N) is 1. The first kappa shape index (κ1) is 14.3. The molecule has 1 aromatic heterocycles. The third-order valence-corrected chi connectivity index (χ3v) is 4.39. The third-order valence-electron chi connectivity index (χ3n) is 4.39. The van der Waals surface area contributed by atoms with Crippen LogP contribution in [0.5, 0.6) is 0 Å². The van der Waals surface area contributed by atoms with Gasteiger partial charge in [0, 0.05) is 19.6 Å². The van der Waals surface area contributed by atoms with Gasteiger partial charge in [0.2, 0.25) is 17.8 Å². The summed E-state index contributed by atoms with van der Waals surface area (Å²) >= 11 is 0. The maximum absolute atomic E-state index is 9.53. The number of nitrogen functional groups attached to an aromatic ring is 1. The van der Waals surface area contributed by atoms with Crippen LogP contribution < -0.4 is 16.0 Å². The fourth-order valence-corrected chi connectivity index (χ4v) is 3.10. The Bertz CT molecular complexity index is 469. The number of anilines is 3. The second-order valence-electron chi connectivity index (χ2n) is 6.07. The van der Waals surface area contributed by atoms with Crippen molar-refractivity contribution in [1.29, 1.82) is 0 Å². The Morgan fingerprint density at radius 1 is 1.10 bits per heavy atom. The molecule has 1 saturated heterocycles. The van der Waals surface area contributed by atoms with Crippen molar-refractivity contribution >= 4 is 17.8 Å². The van der Waals surface area contributed by atoms with Crippen molar-refractivity contribution in [1.82, 2.24) is 15.0 Å². The molecule has 0 aromatic carbocycles. The maximum atomic E-state index is 9.53. The number of aliphatic hydroxyl groups is 1. The second kappa shape index (κ2) is 6.43. The number of hydrogen-bond donors (Lipinski definition) is 3. The van der Waals surface area contributed by atoms with Crippen molar-refractivity contribution in [3.05, 3.63) is 0 Å². The summed E-state index contributed by atoms with van der Waals surface area (Å²) in [7, 11) is 0. The third kappa shape index (κ3) is 3.72. The van der Waals surface area contributed by atoms with Crippen LogP contribution in [-0.4, -0.2) is 45.8 Å². The van der Waals surface area contributed by atoms with E-state index in [9.17, 15) is 5.11 Å². The average molecular weight is 292 g/mol. The zero-order chi connectivity index (χ0) is 14.7. The van der Waals surface area contributed by atoms with Crippen LogP contribution in [0.4, 0.5) is 17.8 Å². The lowest BCUT2D eigenvalue weighted by Crippen LogP contribution is -2.25. The van der Waals surface area contributed by atoms with Crippen molar-refractivity contribution in [3.63, 3.8) is 0 Å². The fraction of sp³-hybridized carbons (Fsp3) is 0.786. The molecule has 7 heteroatoms. The Morgan fingerprint density at radius 3 is 2.52 bits per heavy atom. The summed E-state index contributed by atoms with van der Waals surface area (Å²) in [4.78, 5) is 15.0. The smallest absolute Gasteiger partial charge is 0.231 e. The highest BCUT2D eigenvalue weighted by atomic mass is 16.3. The fourth-order valence-electron chi connectivity index (χ4n) is 3.10. The molecule has 0 unspecified atom stereocenters. The van der Waals surface area contributed by atoms with Crippen LogP contribution in [0.25, 0.3) is 0 Å². The molecule has 7 nitrogen and oxygen atoms in total. The molecular weight excluding hydrogens is 268 g/mol. The van der Waals surface area contributed by atoms with Gasteiger partial charge < -0.3 is 21.1 Å². The quantitative estimate of drug-likeness (QED) is 0.761. The summed E-state index contributed by atoms with van der Waals surface area (Å²) < 4.78 is 0. The van der Waals surface area contributed by atoms with Crippen molar-refractivity contribution in [2.24, 2.45) is 5.92 Å². The molecule has 0 atom stereocenters. The van der Waals surface area contributed by atoms with E-state index in [4.69, 9.17) is 5.73 Å². The molecule has 21 heavy (non-hydrogen) atoms. The van der Waals surface area contributed by atoms with E-state index in [-0.39, 0.29) is 12.1 Å². The van der Waals surface area contributed by atoms with Gasteiger partial charge in [-0.15, -0.1) is 0 Å². The largest absolute Gasteiger partial charge is 0.393 e. The molecule has 3 rings (SSSR count).